The van der Waals surface area contributed by atoms with Crippen LogP contribution in [0, 0.1) is 5.92 Å². The Morgan fingerprint density at radius 3 is 2.28 bits per heavy atom. The van der Waals surface area contributed by atoms with E-state index in [0.29, 0.717) is 5.57 Å². The highest BCUT2D eigenvalue weighted by molar-refractivity contribution is 6.16. The lowest BCUT2D eigenvalue weighted by Crippen LogP contribution is -2.48. The Morgan fingerprint density at radius 1 is 1.22 bits per heavy atom. The lowest BCUT2D eigenvalue weighted by Gasteiger charge is -2.32. The second kappa shape index (κ2) is 4.29. The van der Waals surface area contributed by atoms with Crippen LogP contribution in [-0.2, 0) is 23.9 Å². The van der Waals surface area contributed by atoms with Crippen LogP contribution in [0.4, 0.5) is 0 Å². The second-order valence-electron chi connectivity index (χ2n) is 4.49. The zero-order chi connectivity index (χ0) is 13.5. The maximum absolute atomic E-state index is 12.3. The van der Waals surface area contributed by atoms with E-state index in [2.05, 4.69) is 0 Å². The molecule has 6 nitrogen and oxygen atoms in total. The summed E-state index contributed by atoms with van der Waals surface area (Å²) in [5.74, 6) is -3.97. The van der Waals surface area contributed by atoms with Crippen molar-refractivity contribution >= 4 is 17.5 Å². The first-order valence-corrected chi connectivity index (χ1v) is 5.58. The highest BCUT2D eigenvalue weighted by Gasteiger charge is 2.51. The molecular formula is C12H14O6. The molecule has 1 N–H and O–H groups in total. The number of carboxylic acids is 1. The first-order valence-electron chi connectivity index (χ1n) is 5.58. The molecule has 18 heavy (non-hydrogen) atoms. The van der Waals surface area contributed by atoms with Crippen LogP contribution < -0.4 is 0 Å². The smallest absolute Gasteiger partial charge is 0.307 e. The van der Waals surface area contributed by atoms with Gasteiger partial charge in [0.15, 0.2) is 5.78 Å². The van der Waals surface area contributed by atoms with Crippen LogP contribution in [0.1, 0.15) is 19.3 Å². The average molecular weight is 254 g/mol. The van der Waals surface area contributed by atoms with Gasteiger partial charge in [-0.3, -0.25) is 14.4 Å². The predicted octanol–water partition coefficient (Wildman–Crippen LogP) is 0.309. The van der Waals surface area contributed by atoms with Crippen LogP contribution in [0.2, 0.25) is 0 Å². The number of carboxylic acid groups (broad SMARTS) is 1. The number of carbonyl (C=O) groups excluding carboxylic acids is 2. The molecule has 98 valence electrons. The Bertz CT molecular complexity index is 457. The fourth-order valence-corrected chi connectivity index (χ4v) is 2.54. The van der Waals surface area contributed by atoms with Gasteiger partial charge in [0, 0.05) is 25.4 Å². The van der Waals surface area contributed by atoms with Gasteiger partial charge >= 0.3 is 5.97 Å². The SMILES string of the molecule is COC1(OC)CC(=O)C2=C(CC(C(=O)O)C2)C1=O. The highest BCUT2D eigenvalue weighted by Crippen LogP contribution is 2.41. The Kier molecular flexibility index (Phi) is 3.08. The third kappa shape index (κ3) is 1.69. The summed E-state index contributed by atoms with van der Waals surface area (Å²) in [7, 11) is 2.59. The van der Waals surface area contributed by atoms with Crippen molar-refractivity contribution in [2.75, 3.05) is 14.2 Å². The van der Waals surface area contributed by atoms with Crippen molar-refractivity contribution < 1.29 is 29.0 Å². The molecule has 6 heteroatoms. The summed E-state index contributed by atoms with van der Waals surface area (Å²) in [4.78, 5) is 35.2. The number of ketones is 2. The van der Waals surface area contributed by atoms with Gasteiger partial charge in [-0.25, -0.2) is 0 Å². The van der Waals surface area contributed by atoms with E-state index in [0.717, 1.165) is 0 Å². The van der Waals surface area contributed by atoms with Crippen molar-refractivity contribution in [2.45, 2.75) is 25.0 Å². The molecule has 1 unspecified atom stereocenters. The van der Waals surface area contributed by atoms with E-state index in [4.69, 9.17) is 14.6 Å². The Hall–Kier alpha value is -1.53. The minimum absolute atomic E-state index is 0.0731. The summed E-state index contributed by atoms with van der Waals surface area (Å²) in [6.45, 7) is 0. The Morgan fingerprint density at radius 2 is 1.78 bits per heavy atom. The van der Waals surface area contributed by atoms with Crippen molar-refractivity contribution in [1.82, 2.24) is 0 Å². The molecule has 0 fully saturated rings. The summed E-state index contributed by atoms with van der Waals surface area (Å²) in [6.07, 6.45) is 0.00641. The summed E-state index contributed by atoms with van der Waals surface area (Å²) < 4.78 is 10.1. The molecule has 0 aromatic rings. The number of methoxy groups -OCH3 is 2. The standard InChI is InChI=1S/C12H14O6/c1-17-12(18-2)5-9(13)7-3-6(11(15)16)4-8(7)10(12)14/h6H,3-5H2,1-2H3,(H,15,16). The molecule has 0 amide bonds. The van der Waals surface area contributed by atoms with E-state index in [-0.39, 0.29) is 30.6 Å². The van der Waals surface area contributed by atoms with Gasteiger partial charge in [0.2, 0.25) is 11.6 Å². The maximum Gasteiger partial charge on any atom is 0.307 e. The van der Waals surface area contributed by atoms with Gasteiger partial charge in [-0.15, -0.1) is 0 Å². The molecule has 0 saturated carbocycles. The number of Topliss-reactive ketones (excluding diaryl/α,β-unsaturated/α-hetero) is 2. The number of rotatable bonds is 3. The zero-order valence-corrected chi connectivity index (χ0v) is 10.2. The van der Waals surface area contributed by atoms with Gasteiger partial charge in [0.25, 0.3) is 0 Å². The number of hydrogen-bond donors (Lipinski definition) is 1. The average Bonchev–Trinajstić information content (AvgIpc) is 2.79. The van der Waals surface area contributed by atoms with E-state index in [9.17, 15) is 14.4 Å². The largest absolute Gasteiger partial charge is 0.481 e. The molecule has 0 aliphatic heterocycles. The summed E-state index contributed by atoms with van der Waals surface area (Å²) in [5, 5.41) is 8.97. The predicted molar refractivity (Wildman–Crippen MR) is 58.8 cm³/mol. The summed E-state index contributed by atoms with van der Waals surface area (Å²) in [5.41, 5.74) is 0.583. The molecule has 2 aliphatic carbocycles. The molecule has 0 saturated heterocycles. The normalized spacial score (nSPS) is 26.4. The topological polar surface area (TPSA) is 89.9 Å². The maximum atomic E-state index is 12.3. The van der Waals surface area contributed by atoms with Gasteiger partial charge < -0.3 is 14.6 Å². The second-order valence-corrected chi connectivity index (χ2v) is 4.49. The summed E-state index contributed by atoms with van der Waals surface area (Å²) >= 11 is 0. The molecule has 0 heterocycles. The highest BCUT2D eigenvalue weighted by atomic mass is 16.7. The Balaban J connectivity index is 2.37. The van der Waals surface area contributed by atoms with Crippen LogP contribution >= 0.6 is 0 Å². The summed E-state index contributed by atoms with van der Waals surface area (Å²) in [6, 6.07) is 0. The fourth-order valence-electron chi connectivity index (χ4n) is 2.54. The van der Waals surface area contributed by atoms with Crippen molar-refractivity contribution in [3.8, 4) is 0 Å². The third-order valence-corrected chi connectivity index (χ3v) is 3.62. The minimum Gasteiger partial charge on any atom is -0.481 e. The molecule has 0 aromatic heterocycles. The molecule has 2 rings (SSSR count). The molecule has 0 radical (unpaired) electrons. The van der Waals surface area contributed by atoms with E-state index in [1.54, 1.807) is 0 Å². The van der Waals surface area contributed by atoms with Crippen LogP contribution in [0.5, 0.6) is 0 Å². The van der Waals surface area contributed by atoms with Crippen molar-refractivity contribution in [3.05, 3.63) is 11.1 Å². The van der Waals surface area contributed by atoms with Gasteiger partial charge in [-0.2, -0.15) is 0 Å². The van der Waals surface area contributed by atoms with Crippen LogP contribution in [-0.4, -0.2) is 42.6 Å². The van der Waals surface area contributed by atoms with Crippen LogP contribution in [0.3, 0.4) is 0 Å². The zero-order valence-electron chi connectivity index (χ0n) is 10.2. The lowest BCUT2D eigenvalue weighted by atomic mass is 9.86. The molecular weight excluding hydrogens is 240 g/mol. The van der Waals surface area contributed by atoms with E-state index >= 15 is 0 Å². The van der Waals surface area contributed by atoms with Gasteiger partial charge in [-0.05, 0) is 12.8 Å². The number of hydrogen-bond acceptors (Lipinski definition) is 5. The lowest BCUT2D eigenvalue weighted by molar-refractivity contribution is -0.207. The molecule has 0 bridgehead atoms. The van der Waals surface area contributed by atoms with Crippen molar-refractivity contribution in [3.63, 3.8) is 0 Å². The Labute approximate surface area is 104 Å². The number of aliphatic carboxylic acids is 1. The third-order valence-electron chi connectivity index (χ3n) is 3.62. The molecule has 0 aromatic carbocycles. The molecule has 0 spiro atoms. The number of ether oxygens (including phenoxy) is 2. The monoisotopic (exact) mass is 254 g/mol. The van der Waals surface area contributed by atoms with Crippen LogP contribution in [0.15, 0.2) is 11.1 Å². The molecule has 1 atom stereocenters. The van der Waals surface area contributed by atoms with Gasteiger partial charge in [0.1, 0.15) is 0 Å². The minimum atomic E-state index is -1.58. The van der Waals surface area contributed by atoms with E-state index in [1.165, 1.54) is 14.2 Å². The van der Waals surface area contributed by atoms with E-state index in [1.807, 2.05) is 0 Å². The van der Waals surface area contributed by atoms with Gasteiger partial charge in [0.05, 0.1) is 12.3 Å². The first-order chi connectivity index (χ1) is 8.45. The number of allylic oxidation sites excluding steroid dienone is 1. The van der Waals surface area contributed by atoms with E-state index < -0.39 is 23.5 Å². The quantitative estimate of drug-likeness (QED) is 0.729. The van der Waals surface area contributed by atoms with Crippen molar-refractivity contribution in [1.29, 1.82) is 0 Å². The van der Waals surface area contributed by atoms with Crippen LogP contribution in [0.25, 0.3) is 0 Å². The van der Waals surface area contributed by atoms with Gasteiger partial charge in [-0.1, -0.05) is 0 Å². The number of carbonyl (C=O) groups is 3. The molecule has 2 aliphatic rings. The van der Waals surface area contributed by atoms with Crippen molar-refractivity contribution in [2.24, 2.45) is 5.92 Å². The fraction of sp³-hybridized carbons (Fsp3) is 0.583. The first kappa shape index (κ1) is 12.9.